The fourth-order valence-corrected chi connectivity index (χ4v) is 1.98. The maximum absolute atomic E-state index is 12.7. The second-order valence-corrected chi connectivity index (χ2v) is 4.25. The third-order valence-electron chi connectivity index (χ3n) is 2.73. The molecule has 0 bridgehead atoms. The number of hydrogen-bond acceptors (Lipinski definition) is 4. The lowest BCUT2D eigenvalue weighted by molar-refractivity contribution is -0.385. The number of nitrogens with zero attached hydrogens (tertiary/aromatic N) is 3. The third-order valence-corrected chi connectivity index (χ3v) is 2.92. The molecular weight excluding hydrogens is 265 g/mol. The second-order valence-electron chi connectivity index (χ2n) is 3.87. The zero-order valence-electron chi connectivity index (χ0n) is 9.18. The standard InChI is InChI=1S/C10H9ClFN3O3/c11-9(12)10(16)14-2-1-8-6(5-14)3-7(4-13-8)15(17)18/h3-4,9H,1-2,5H2. The Kier molecular flexibility index (Phi) is 3.42. The Morgan fingerprint density at radius 3 is 3.00 bits per heavy atom. The summed E-state index contributed by atoms with van der Waals surface area (Å²) in [6, 6.07) is 1.35. The number of pyridine rings is 1. The molecule has 0 aliphatic carbocycles. The van der Waals surface area contributed by atoms with Crippen molar-refractivity contribution in [3.63, 3.8) is 0 Å². The summed E-state index contributed by atoms with van der Waals surface area (Å²) in [6.45, 7) is 0.403. The summed E-state index contributed by atoms with van der Waals surface area (Å²) < 4.78 is 12.7. The predicted octanol–water partition coefficient (Wildman–Crippen LogP) is 1.41. The SMILES string of the molecule is O=C(C(F)Cl)N1CCc2ncc([N+](=O)[O-])cc2C1. The molecule has 2 heterocycles. The molecule has 0 saturated heterocycles. The minimum atomic E-state index is -2.08. The first kappa shape index (κ1) is 12.7. The van der Waals surface area contributed by atoms with Crippen LogP contribution in [0.1, 0.15) is 11.3 Å². The number of carbonyl (C=O) groups excluding carboxylic acids is 1. The van der Waals surface area contributed by atoms with Gasteiger partial charge in [0.1, 0.15) is 6.20 Å². The summed E-state index contributed by atoms with van der Waals surface area (Å²) in [4.78, 5) is 26.6. The Morgan fingerprint density at radius 1 is 1.67 bits per heavy atom. The predicted molar refractivity (Wildman–Crippen MR) is 60.8 cm³/mol. The van der Waals surface area contributed by atoms with Crippen LogP contribution in [-0.2, 0) is 17.8 Å². The maximum atomic E-state index is 12.7. The van der Waals surface area contributed by atoms with Crippen molar-refractivity contribution >= 4 is 23.2 Å². The van der Waals surface area contributed by atoms with Crippen molar-refractivity contribution in [3.05, 3.63) is 33.6 Å². The van der Waals surface area contributed by atoms with Crippen LogP contribution in [0.15, 0.2) is 12.3 Å². The molecule has 1 atom stereocenters. The maximum Gasteiger partial charge on any atom is 0.287 e. The number of hydrogen-bond donors (Lipinski definition) is 0. The van der Waals surface area contributed by atoms with Gasteiger partial charge in [0.2, 0.25) is 0 Å². The average molecular weight is 274 g/mol. The smallest absolute Gasteiger partial charge is 0.287 e. The van der Waals surface area contributed by atoms with Gasteiger partial charge in [-0.15, -0.1) is 0 Å². The van der Waals surface area contributed by atoms with E-state index in [4.69, 9.17) is 11.6 Å². The molecule has 1 aliphatic rings. The lowest BCUT2D eigenvalue weighted by Gasteiger charge is -2.27. The third kappa shape index (κ3) is 2.40. The molecule has 1 aromatic heterocycles. The minimum absolute atomic E-state index is 0.0932. The van der Waals surface area contributed by atoms with Gasteiger partial charge in [0.25, 0.3) is 17.2 Å². The molecule has 1 unspecified atom stereocenters. The highest BCUT2D eigenvalue weighted by molar-refractivity contribution is 6.29. The lowest BCUT2D eigenvalue weighted by atomic mass is 10.1. The van der Waals surface area contributed by atoms with Gasteiger partial charge in [-0.05, 0) is 5.56 Å². The summed E-state index contributed by atoms with van der Waals surface area (Å²) >= 11 is 5.09. The Bertz CT molecular complexity index is 509. The van der Waals surface area contributed by atoms with E-state index in [0.29, 0.717) is 24.2 Å². The van der Waals surface area contributed by atoms with Crippen LogP contribution >= 0.6 is 11.6 Å². The molecule has 1 aliphatic heterocycles. The summed E-state index contributed by atoms with van der Waals surface area (Å²) in [5.74, 6) is -0.825. The van der Waals surface area contributed by atoms with E-state index >= 15 is 0 Å². The molecule has 2 rings (SSSR count). The lowest BCUT2D eigenvalue weighted by Crippen LogP contribution is -2.39. The highest BCUT2D eigenvalue weighted by Crippen LogP contribution is 2.22. The monoisotopic (exact) mass is 273 g/mol. The molecule has 0 aromatic carbocycles. The van der Waals surface area contributed by atoms with Gasteiger partial charge in [-0.3, -0.25) is 19.9 Å². The van der Waals surface area contributed by atoms with Crippen LogP contribution in [0.2, 0.25) is 0 Å². The summed E-state index contributed by atoms with van der Waals surface area (Å²) in [7, 11) is 0. The van der Waals surface area contributed by atoms with Gasteiger partial charge in [-0.25, -0.2) is 4.39 Å². The fourth-order valence-electron chi connectivity index (χ4n) is 1.84. The van der Waals surface area contributed by atoms with Gasteiger partial charge >= 0.3 is 0 Å². The fraction of sp³-hybridized carbons (Fsp3) is 0.400. The molecule has 0 saturated carbocycles. The molecule has 1 amide bonds. The van der Waals surface area contributed by atoms with Gasteiger partial charge < -0.3 is 4.90 Å². The van der Waals surface area contributed by atoms with Crippen LogP contribution in [0.5, 0.6) is 0 Å². The van der Waals surface area contributed by atoms with Crippen LogP contribution in [0.25, 0.3) is 0 Å². The molecule has 0 fully saturated rings. The van der Waals surface area contributed by atoms with Crippen molar-refractivity contribution in [1.29, 1.82) is 0 Å². The van der Waals surface area contributed by atoms with Crippen molar-refractivity contribution in [3.8, 4) is 0 Å². The van der Waals surface area contributed by atoms with E-state index < -0.39 is 16.5 Å². The van der Waals surface area contributed by atoms with Gasteiger partial charge in [-0.2, -0.15) is 0 Å². The molecule has 18 heavy (non-hydrogen) atoms. The van der Waals surface area contributed by atoms with Crippen LogP contribution < -0.4 is 0 Å². The molecule has 8 heteroatoms. The van der Waals surface area contributed by atoms with E-state index in [0.717, 1.165) is 0 Å². The molecule has 96 valence electrons. The first-order chi connectivity index (χ1) is 8.49. The number of nitro groups is 1. The van der Waals surface area contributed by atoms with E-state index in [1.54, 1.807) is 0 Å². The number of halogens is 2. The Labute approximate surface area is 107 Å². The molecule has 6 nitrogen and oxygen atoms in total. The second kappa shape index (κ2) is 4.85. The first-order valence-corrected chi connectivity index (χ1v) is 5.62. The normalized spacial score (nSPS) is 16.0. The number of amides is 1. The Balaban J connectivity index is 2.24. The van der Waals surface area contributed by atoms with E-state index in [2.05, 4.69) is 4.98 Å². The van der Waals surface area contributed by atoms with E-state index in [9.17, 15) is 19.3 Å². The van der Waals surface area contributed by atoms with Crippen LogP contribution in [0.4, 0.5) is 10.1 Å². The van der Waals surface area contributed by atoms with Crippen LogP contribution in [-0.4, -0.2) is 32.9 Å². The Morgan fingerprint density at radius 2 is 2.39 bits per heavy atom. The van der Waals surface area contributed by atoms with Crippen molar-refractivity contribution < 1.29 is 14.1 Å². The van der Waals surface area contributed by atoms with E-state index in [1.807, 2.05) is 0 Å². The van der Waals surface area contributed by atoms with E-state index in [-0.39, 0.29) is 12.2 Å². The molecule has 0 N–H and O–H groups in total. The number of fused-ring (bicyclic) bond motifs is 1. The summed E-state index contributed by atoms with van der Waals surface area (Å²) in [5.41, 5.74) is -0.986. The topological polar surface area (TPSA) is 76.3 Å². The number of rotatable bonds is 2. The summed E-state index contributed by atoms with van der Waals surface area (Å²) in [5, 5.41) is 10.6. The van der Waals surface area contributed by atoms with Gasteiger partial charge in [0, 0.05) is 31.3 Å². The highest BCUT2D eigenvalue weighted by Gasteiger charge is 2.27. The van der Waals surface area contributed by atoms with Crippen molar-refractivity contribution in [2.45, 2.75) is 18.6 Å². The average Bonchev–Trinajstić information content (AvgIpc) is 2.36. The van der Waals surface area contributed by atoms with Gasteiger partial charge in [0.05, 0.1) is 4.92 Å². The number of aromatic nitrogens is 1. The quantitative estimate of drug-likeness (QED) is 0.464. The van der Waals surface area contributed by atoms with Crippen molar-refractivity contribution in [1.82, 2.24) is 9.88 Å². The van der Waals surface area contributed by atoms with Crippen molar-refractivity contribution in [2.24, 2.45) is 0 Å². The van der Waals surface area contributed by atoms with Gasteiger partial charge in [0.15, 0.2) is 0 Å². The van der Waals surface area contributed by atoms with Crippen LogP contribution in [0.3, 0.4) is 0 Å². The molecular formula is C10H9ClFN3O3. The molecule has 0 radical (unpaired) electrons. The zero-order chi connectivity index (χ0) is 13.3. The van der Waals surface area contributed by atoms with Gasteiger partial charge in [-0.1, -0.05) is 11.6 Å². The minimum Gasteiger partial charge on any atom is -0.334 e. The molecule has 0 spiro atoms. The number of alkyl halides is 2. The first-order valence-electron chi connectivity index (χ1n) is 5.18. The van der Waals surface area contributed by atoms with E-state index in [1.165, 1.54) is 17.2 Å². The van der Waals surface area contributed by atoms with Crippen molar-refractivity contribution in [2.75, 3.05) is 6.54 Å². The summed E-state index contributed by atoms with van der Waals surface area (Å²) in [6.07, 6.45) is 1.61. The van der Waals surface area contributed by atoms with Crippen LogP contribution in [0, 0.1) is 10.1 Å². The highest BCUT2D eigenvalue weighted by atomic mass is 35.5. The zero-order valence-corrected chi connectivity index (χ0v) is 9.93. The largest absolute Gasteiger partial charge is 0.334 e. The Hall–Kier alpha value is -1.76. The number of carbonyl (C=O) groups is 1. The molecule has 1 aromatic rings.